The van der Waals surface area contributed by atoms with Gasteiger partial charge in [0.2, 0.25) is 0 Å². The van der Waals surface area contributed by atoms with Crippen molar-refractivity contribution in [3.8, 4) is 0 Å². The highest BCUT2D eigenvalue weighted by atomic mass is 16.3. The van der Waals surface area contributed by atoms with Crippen molar-refractivity contribution in [3.63, 3.8) is 0 Å². The highest BCUT2D eigenvalue weighted by Gasteiger charge is 2.27. The van der Waals surface area contributed by atoms with E-state index in [0.717, 1.165) is 45.2 Å². The summed E-state index contributed by atoms with van der Waals surface area (Å²) in [5.74, 6) is 0. The first-order valence-electron chi connectivity index (χ1n) is 6.26. The molecule has 1 aliphatic heterocycles. The van der Waals surface area contributed by atoms with Gasteiger partial charge < -0.3 is 10.4 Å². The van der Waals surface area contributed by atoms with Crippen LogP contribution in [0, 0.1) is 0 Å². The number of hydrogen-bond donors (Lipinski definition) is 2. The van der Waals surface area contributed by atoms with Crippen LogP contribution in [-0.4, -0.2) is 23.8 Å². The van der Waals surface area contributed by atoms with Gasteiger partial charge in [0, 0.05) is 0 Å². The van der Waals surface area contributed by atoms with Crippen molar-refractivity contribution < 1.29 is 5.11 Å². The number of hydrogen-bond acceptors (Lipinski definition) is 2. The molecule has 1 aromatic rings. The predicted molar refractivity (Wildman–Crippen MR) is 66.4 cm³/mol. The van der Waals surface area contributed by atoms with Crippen LogP contribution < -0.4 is 5.32 Å². The second-order valence-corrected chi connectivity index (χ2v) is 4.81. The lowest BCUT2D eigenvalue weighted by molar-refractivity contribution is 0.000922. The molecule has 0 radical (unpaired) electrons. The van der Waals surface area contributed by atoms with Crippen LogP contribution in [0.15, 0.2) is 30.3 Å². The fourth-order valence-corrected chi connectivity index (χ4v) is 2.41. The van der Waals surface area contributed by atoms with Crippen molar-refractivity contribution in [2.75, 3.05) is 13.1 Å². The molecule has 1 heterocycles. The minimum atomic E-state index is -0.403. The van der Waals surface area contributed by atoms with E-state index in [4.69, 9.17) is 0 Å². The molecular weight excluding hydrogens is 198 g/mol. The third-order valence-electron chi connectivity index (χ3n) is 3.48. The first-order chi connectivity index (χ1) is 7.79. The molecule has 0 unspecified atom stereocenters. The molecular formula is C14H21NO. The monoisotopic (exact) mass is 219 g/mol. The van der Waals surface area contributed by atoms with Gasteiger partial charge in [-0.15, -0.1) is 0 Å². The van der Waals surface area contributed by atoms with Gasteiger partial charge in [0.25, 0.3) is 0 Å². The maximum atomic E-state index is 10.3. The average Bonchev–Trinajstić information content (AvgIpc) is 2.31. The molecule has 0 spiro atoms. The second kappa shape index (κ2) is 5.46. The summed E-state index contributed by atoms with van der Waals surface area (Å²) >= 11 is 0. The van der Waals surface area contributed by atoms with Gasteiger partial charge in [0.15, 0.2) is 0 Å². The standard InChI is InChI=1S/C14H21NO/c16-14(9-11-15-12-10-14)8-4-7-13-5-2-1-3-6-13/h1-3,5-6,15-16H,4,7-12H2. The Morgan fingerprint density at radius 1 is 1.12 bits per heavy atom. The number of nitrogens with one attached hydrogen (secondary N) is 1. The largest absolute Gasteiger partial charge is 0.390 e. The van der Waals surface area contributed by atoms with Crippen LogP contribution in [0.4, 0.5) is 0 Å². The van der Waals surface area contributed by atoms with Crippen LogP contribution in [-0.2, 0) is 6.42 Å². The van der Waals surface area contributed by atoms with Gasteiger partial charge in [-0.2, -0.15) is 0 Å². The van der Waals surface area contributed by atoms with E-state index < -0.39 is 5.60 Å². The Morgan fingerprint density at radius 3 is 2.50 bits per heavy atom. The van der Waals surface area contributed by atoms with Gasteiger partial charge in [-0.1, -0.05) is 30.3 Å². The van der Waals surface area contributed by atoms with Crippen molar-refractivity contribution in [1.29, 1.82) is 0 Å². The molecule has 0 saturated carbocycles. The Kier molecular flexibility index (Phi) is 3.97. The van der Waals surface area contributed by atoms with Gasteiger partial charge in [0.05, 0.1) is 5.60 Å². The fourth-order valence-electron chi connectivity index (χ4n) is 2.41. The van der Waals surface area contributed by atoms with E-state index in [2.05, 4.69) is 29.6 Å². The highest BCUT2D eigenvalue weighted by molar-refractivity contribution is 5.14. The molecule has 88 valence electrons. The van der Waals surface area contributed by atoms with E-state index in [0.29, 0.717) is 0 Å². The van der Waals surface area contributed by atoms with Crippen molar-refractivity contribution in [1.82, 2.24) is 5.32 Å². The summed E-state index contributed by atoms with van der Waals surface area (Å²) in [7, 11) is 0. The Hall–Kier alpha value is -0.860. The number of aryl methyl sites for hydroxylation is 1. The molecule has 0 aliphatic carbocycles. The van der Waals surface area contributed by atoms with Crippen molar-refractivity contribution in [2.45, 2.75) is 37.7 Å². The molecule has 2 rings (SSSR count). The molecule has 1 aliphatic rings. The topological polar surface area (TPSA) is 32.3 Å². The molecule has 0 aromatic heterocycles. The number of benzene rings is 1. The Bertz CT molecular complexity index is 304. The molecule has 2 nitrogen and oxygen atoms in total. The smallest absolute Gasteiger partial charge is 0.0672 e. The van der Waals surface area contributed by atoms with Crippen molar-refractivity contribution in [2.24, 2.45) is 0 Å². The summed E-state index contributed by atoms with van der Waals surface area (Å²) in [6.07, 6.45) is 4.91. The first kappa shape index (κ1) is 11.6. The third kappa shape index (κ3) is 3.32. The zero-order chi connectivity index (χ0) is 11.3. The number of piperidine rings is 1. The summed E-state index contributed by atoms with van der Waals surface area (Å²) in [4.78, 5) is 0. The van der Waals surface area contributed by atoms with Gasteiger partial charge in [-0.25, -0.2) is 0 Å². The maximum absolute atomic E-state index is 10.3. The van der Waals surface area contributed by atoms with E-state index in [-0.39, 0.29) is 0 Å². The lowest BCUT2D eigenvalue weighted by atomic mass is 9.87. The van der Waals surface area contributed by atoms with Gasteiger partial charge in [-0.3, -0.25) is 0 Å². The van der Waals surface area contributed by atoms with E-state index in [1.165, 1.54) is 5.56 Å². The van der Waals surface area contributed by atoms with Crippen molar-refractivity contribution in [3.05, 3.63) is 35.9 Å². The van der Waals surface area contributed by atoms with E-state index in [1.54, 1.807) is 0 Å². The summed E-state index contributed by atoms with van der Waals surface area (Å²) in [5, 5.41) is 13.6. The van der Waals surface area contributed by atoms with Crippen LogP contribution in [0.5, 0.6) is 0 Å². The SMILES string of the molecule is OC1(CCCc2ccccc2)CCNCC1. The first-order valence-corrected chi connectivity index (χ1v) is 6.26. The zero-order valence-electron chi connectivity index (χ0n) is 9.78. The van der Waals surface area contributed by atoms with E-state index >= 15 is 0 Å². The van der Waals surface area contributed by atoms with Crippen LogP contribution >= 0.6 is 0 Å². The molecule has 2 N–H and O–H groups in total. The molecule has 1 saturated heterocycles. The molecule has 1 aromatic carbocycles. The van der Waals surface area contributed by atoms with Crippen LogP contribution in [0.1, 0.15) is 31.2 Å². The summed E-state index contributed by atoms with van der Waals surface area (Å²) < 4.78 is 0. The van der Waals surface area contributed by atoms with Gasteiger partial charge >= 0.3 is 0 Å². The summed E-state index contributed by atoms with van der Waals surface area (Å²) in [6, 6.07) is 10.5. The minimum absolute atomic E-state index is 0.403. The predicted octanol–water partition coefficient (Wildman–Crippen LogP) is 2.12. The molecule has 0 atom stereocenters. The maximum Gasteiger partial charge on any atom is 0.0672 e. The van der Waals surface area contributed by atoms with Crippen LogP contribution in [0.3, 0.4) is 0 Å². The molecule has 2 heteroatoms. The van der Waals surface area contributed by atoms with Crippen LogP contribution in [0.2, 0.25) is 0 Å². The van der Waals surface area contributed by atoms with Gasteiger partial charge in [-0.05, 0) is 50.8 Å². The normalized spacial score (nSPS) is 19.6. The van der Waals surface area contributed by atoms with Crippen LogP contribution in [0.25, 0.3) is 0 Å². The fraction of sp³-hybridized carbons (Fsp3) is 0.571. The molecule has 0 amide bonds. The summed E-state index contributed by atoms with van der Waals surface area (Å²) in [5.41, 5.74) is 0.972. The van der Waals surface area contributed by atoms with Gasteiger partial charge in [0.1, 0.15) is 0 Å². The summed E-state index contributed by atoms with van der Waals surface area (Å²) in [6.45, 7) is 1.92. The Morgan fingerprint density at radius 2 is 1.81 bits per heavy atom. The van der Waals surface area contributed by atoms with E-state index in [1.807, 2.05) is 6.07 Å². The minimum Gasteiger partial charge on any atom is -0.390 e. The molecule has 0 bridgehead atoms. The zero-order valence-corrected chi connectivity index (χ0v) is 9.78. The average molecular weight is 219 g/mol. The third-order valence-corrected chi connectivity index (χ3v) is 3.48. The van der Waals surface area contributed by atoms with E-state index in [9.17, 15) is 5.11 Å². The lowest BCUT2D eigenvalue weighted by Gasteiger charge is -2.32. The molecule has 16 heavy (non-hydrogen) atoms. The second-order valence-electron chi connectivity index (χ2n) is 4.81. The number of rotatable bonds is 4. The Balaban J connectivity index is 1.75. The quantitative estimate of drug-likeness (QED) is 0.813. The van der Waals surface area contributed by atoms with Crippen molar-refractivity contribution >= 4 is 0 Å². The lowest BCUT2D eigenvalue weighted by Crippen LogP contribution is -2.41. The molecule has 1 fully saturated rings. The Labute approximate surface area is 97.7 Å². The number of aliphatic hydroxyl groups is 1. The highest BCUT2D eigenvalue weighted by Crippen LogP contribution is 2.24.